The molecule has 0 aliphatic carbocycles. The molecule has 1 amide bonds. The summed E-state index contributed by atoms with van der Waals surface area (Å²) < 4.78 is 7.12. The van der Waals surface area contributed by atoms with Crippen LogP contribution in [0.25, 0.3) is 5.82 Å². The first-order chi connectivity index (χ1) is 13.2. The summed E-state index contributed by atoms with van der Waals surface area (Å²) in [7, 11) is 0. The minimum absolute atomic E-state index is 0.132. The summed E-state index contributed by atoms with van der Waals surface area (Å²) in [5, 5.41) is 7.33. The lowest BCUT2D eigenvalue weighted by Crippen LogP contribution is -2.23. The number of aromatic nitrogens is 3. The highest BCUT2D eigenvalue weighted by Gasteiger charge is 2.17. The quantitative estimate of drug-likeness (QED) is 0.666. The first kappa shape index (κ1) is 18.8. The maximum absolute atomic E-state index is 12.6. The zero-order valence-electron chi connectivity index (χ0n) is 15.7. The highest BCUT2D eigenvalue weighted by atomic mass is 16.5. The molecule has 3 rings (SSSR count). The molecule has 0 saturated carbocycles. The van der Waals surface area contributed by atoms with E-state index in [-0.39, 0.29) is 5.91 Å². The number of hydrogen-bond donors (Lipinski definition) is 1. The Kier molecular flexibility index (Phi) is 6.33. The molecule has 0 spiro atoms. The van der Waals surface area contributed by atoms with E-state index in [0.717, 1.165) is 16.8 Å². The third-order valence-electron chi connectivity index (χ3n) is 4.26. The van der Waals surface area contributed by atoms with Gasteiger partial charge in [-0.1, -0.05) is 37.3 Å². The molecule has 0 atom stereocenters. The molecule has 0 aliphatic heterocycles. The van der Waals surface area contributed by atoms with Gasteiger partial charge in [0, 0.05) is 19.3 Å². The molecule has 0 aliphatic rings. The molecule has 140 valence electrons. The van der Waals surface area contributed by atoms with Crippen LogP contribution in [0, 0.1) is 0 Å². The second-order valence-electron chi connectivity index (χ2n) is 6.09. The Morgan fingerprint density at radius 3 is 2.56 bits per heavy atom. The average molecular weight is 364 g/mol. The SMILES string of the molecule is CCOCc1ccc(CNC(=O)c2cnn(-c3ccccn3)c2CC)cc1. The molecule has 3 aromatic rings. The van der Waals surface area contributed by atoms with E-state index in [4.69, 9.17) is 4.74 Å². The van der Waals surface area contributed by atoms with Crippen molar-refractivity contribution in [1.82, 2.24) is 20.1 Å². The second kappa shape index (κ2) is 9.09. The van der Waals surface area contributed by atoms with Crippen molar-refractivity contribution in [1.29, 1.82) is 0 Å². The van der Waals surface area contributed by atoms with Gasteiger partial charge in [0.2, 0.25) is 0 Å². The number of ether oxygens (including phenoxy) is 1. The van der Waals surface area contributed by atoms with Crippen LogP contribution in [-0.2, 0) is 24.3 Å². The maximum Gasteiger partial charge on any atom is 0.255 e. The van der Waals surface area contributed by atoms with Gasteiger partial charge in [0.05, 0.1) is 24.1 Å². The van der Waals surface area contributed by atoms with Crippen LogP contribution in [0.4, 0.5) is 0 Å². The summed E-state index contributed by atoms with van der Waals surface area (Å²) in [4.78, 5) is 17.0. The summed E-state index contributed by atoms with van der Waals surface area (Å²) in [6.07, 6.45) is 4.00. The van der Waals surface area contributed by atoms with Crippen LogP contribution in [0.1, 0.15) is 41.0 Å². The molecule has 2 heterocycles. The van der Waals surface area contributed by atoms with Crippen LogP contribution in [0.15, 0.2) is 54.9 Å². The first-order valence-corrected chi connectivity index (χ1v) is 9.15. The largest absolute Gasteiger partial charge is 0.377 e. The van der Waals surface area contributed by atoms with Gasteiger partial charge in [-0.25, -0.2) is 9.67 Å². The lowest BCUT2D eigenvalue weighted by atomic mass is 10.1. The zero-order chi connectivity index (χ0) is 19.1. The van der Waals surface area contributed by atoms with Crippen LogP contribution < -0.4 is 5.32 Å². The van der Waals surface area contributed by atoms with E-state index in [1.165, 1.54) is 0 Å². The number of benzene rings is 1. The molecule has 1 N–H and O–H groups in total. The van der Waals surface area contributed by atoms with E-state index in [2.05, 4.69) is 15.4 Å². The van der Waals surface area contributed by atoms with Crippen molar-refractivity contribution < 1.29 is 9.53 Å². The van der Waals surface area contributed by atoms with Crippen LogP contribution >= 0.6 is 0 Å². The third kappa shape index (κ3) is 4.60. The third-order valence-corrected chi connectivity index (χ3v) is 4.26. The molecular formula is C21H24N4O2. The Morgan fingerprint density at radius 2 is 1.89 bits per heavy atom. The van der Waals surface area contributed by atoms with E-state index in [0.29, 0.717) is 37.6 Å². The zero-order valence-corrected chi connectivity index (χ0v) is 15.7. The Labute approximate surface area is 159 Å². The predicted octanol–water partition coefficient (Wildman–Crippen LogP) is 3.30. The van der Waals surface area contributed by atoms with E-state index < -0.39 is 0 Å². The molecular weight excluding hydrogens is 340 g/mol. The number of nitrogens with zero attached hydrogens (tertiary/aromatic N) is 3. The number of nitrogens with one attached hydrogen (secondary N) is 1. The lowest BCUT2D eigenvalue weighted by Gasteiger charge is -2.08. The fraction of sp³-hybridized carbons (Fsp3) is 0.286. The van der Waals surface area contributed by atoms with Gasteiger partial charge >= 0.3 is 0 Å². The van der Waals surface area contributed by atoms with Crippen LogP contribution in [0.2, 0.25) is 0 Å². The van der Waals surface area contributed by atoms with Crippen molar-refractivity contribution in [3.63, 3.8) is 0 Å². The molecule has 27 heavy (non-hydrogen) atoms. The standard InChI is InChI=1S/C21H24N4O2/c1-3-19-18(14-24-25(19)20-7-5-6-12-22-20)21(26)23-13-16-8-10-17(11-9-16)15-27-4-2/h5-12,14H,3-4,13,15H2,1-2H3,(H,23,26). The summed E-state index contributed by atoms with van der Waals surface area (Å²) in [5.74, 6) is 0.575. The van der Waals surface area contributed by atoms with Crippen molar-refractivity contribution in [3.8, 4) is 5.82 Å². The van der Waals surface area contributed by atoms with Gasteiger partial charge in [-0.05, 0) is 36.6 Å². The van der Waals surface area contributed by atoms with E-state index in [1.807, 2.05) is 56.3 Å². The highest BCUT2D eigenvalue weighted by Crippen LogP contribution is 2.14. The fourth-order valence-corrected chi connectivity index (χ4v) is 2.83. The Morgan fingerprint density at radius 1 is 1.11 bits per heavy atom. The Balaban J connectivity index is 1.67. The van der Waals surface area contributed by atoms with Gasteiger partial charge in [-0.3, -0.25) is 4.79 Å². The van der Waals surface area contributed by atoms with Crippen LogP contribution in [0.3, 0.4) is 0 Å². The molecule has 6 nitrogen and oxygen atoms in total. The van der Waals surface area contributed by atoms with Crippen molar-refractivity contribution in [2.24, 2.45) is 0 Å². The van der Waals surface area contributed by atoms with E-state index in [1.54, 1.807) is 17.1 Å². The average Bonchev–Trinajstić information content (AvgIpc) is 3.16. The maximum atomic E-state index is 12.6. The van der Waals surface area contributed by atoms with Crippen LogP contribution in [-0.4, -0.2) is 27.3 Å². The van der Waals surface area contributed by atoms with Gasteiger partial charge < -0.3 is 10.1 Å². The molecule has 0 radical (unpaired) electrons. The fourth-order valence-electron chi connectivity index (χ4n) is 2.83. The number of hydrogen-bond acceptors (Lipinski definition) is 4. The normalized spacial score (nSPS) is 10.7. The van der Waals surface area contributed by atoms with Gasteiger partial charge in [0.25, 0.3) is 5.91 Å². The number of carbonyl (C=O) groups excluding carboxylic acids is 1. The van der Waals surface area contributed by atoms with Crippen LogP contribution in [0.5, 0.6) is 0 Å². The van der Waals surface area contributed by atoms with Gasteiger partial charge in [-0.15, -0.1) is 0 Å². The molecule has 0 fully saturated rings. The Bertz CT molecular complexity index is 873. The van der Waals surface area contributed by atoms with Crippen molar-refractivity contribution in [2.75, 3.05) is 6.61 Å². The second-order valence-corrected chi connectivity index (χ2v) is 6.09. The van der Waals surface area contributed by atoms with E-state index in [9.17, 15) is 4.79 Å². The molecule has 6 heteroatoms. The minimum Gasteiger partial charge on any atom is -0.377 e. The lowest BCUT2D eigenvalue weighted by molar-refractivity contribution is 0.0950. The van der Waals surface area contributed by atoms with Gasteiger partial charge in [0.15, 0.2) is 5.82 Å². The molecule has 0 bridgehead atoms. The minimum atomic E-state index is -0.132. The molecule has 2 aromatic heterocycles. The first-order valence-electron chi connectivity index (χ1n) is 9.15. The highest BCUT2D eigenvalue weighted by molar-refractivity contribution is 5.95. The van der Waals surface area contributed by atoms with Gasteiger partial charge in [0.1, 0.15) is 0 Å². The summed E-state index contributed by atoms with van der Waals surface area (Å²) in [5.41, 5.74) is 3.59. The van der Waals surface area contributed by atoms with Crippen molar-refractivity contribution in [3.05, 3.63) is 77.2 Å². The summed E-state index contributed by atoms with van der Waals surface area (Å²) in [6.45, 7) is 5.75. The molecule has 0 saturated heterocycles. The summed E-state index contributed by atoms with van der Waals surface area (Å²) in [6, 6.07) is 13.7. The number of amides is 1. The van der Waals surface area contributed by atoms with E-state index >= 15 is 0 Å². The topological polar surface area (TPSA) is 69.0 Å². The van der Waals surface area contributed by atoms with Crippen molar-refractivity contribution in [2.45, 2.75) is 33.4 Å². The summed E-state index contributed by atoms with van der Waals surface area (Å²) >= 11 is 0. The number of pyridine rings is 1. The smallest absolute Gasteiger partial charge is 0.255 e. The monoisotopic (exact) mass is 364 g/mol. The molecule has 0 unspecified atom stereocenters. The predicted molar refractivity (Wildman–Crippen MR) is 104 cm³/mol. The Hall–Kier alpha value is -2.99. The van der Waals surface area contributed by atoms with Crippen molar-refractivity contribution >= 4 is 5.91 Å². The molecule has 1 aromatic carbocycles. The number of carbonyl (C=O) groups is 1. The van der Waals surface area contributed by atoms with Gasteiger partial charge in [-0.2, -0.15) is 5.10 Å². The number of rotatable bonds is 8.